The van der Waals surface area contributed by atoms with E-state index in [0.29, 0.717) is 5.92 Å². The van der Waals surface area contributed by atoms with Crippen LogP contribution < -0.4 is 4.74 Å². The van der Waals surface area contributed by atoms with Gasteiger partial charge in [-0.2, -0.15) is 5.10 Å². The second-order valence-corrected chi connectivity index (χ2v) is 7.88. The van der Waals surface area contributed by atoms with Crippen LogP contribution in [0.15, 0.2) is 54.7 Å². The largest absolute Gasteiger partial charge is 0.484 e. The molecule has 1 amide bonds. The average molecular weight is 393 g/mol. The van der Waals surface area contributed by atoms with Crippen LogP contribution in [0.25, 0.3) is 5.52 Å². The molecule has 0 bridgehead atoms. The van der Waals surface area contributed by atoms with E-state index in [9.17, 15) is 4.79 Å². The maximum Gasteiger partial charge on any atom is 0.260 e. The molecule has 6 heteroatoms. The molecule has 0 radical (unpaired) electrons. The van der Waals surface area contributed by atoms with E-state index in [1.807, 2.05) is 39.9 Å². The molecule has 0 N–H and O–H groups in total. The van der Waals surface area contributed by atoms with E-state index in [1.165, 1.54) is 5.56 Å². The molecule has 0 unspecified atom stereocenters. The Balaban J connectivity index is 1.24. The first-order chi connectivity index (χ1) is 14.1. The van der Waals surface area contributed by atoms with Gasteiger partial charge in [0, 0.05) is 38.9 Å². The molecule has 1 aliphatic heterocycles. The van der Waals surface area contributed by atoms with Crippen molar-refractivity contribution >= 4 is 11.4 Å². The molecule has 6 nitrogen and oxygen atoms in total. The summed E-state index contributed by atoms with van der Waals surface area (Å²) in [7, 11) is 0. The summed E-state index contributed by atoms with van der Waals surface area (Å²) in [6.07, 6.45) is 1.96. The third-order valence-corrected chi connectivity index (χ3v) is 5.44. The molecule has 1 saturated heterocycles. The lowest BCUT2D eigenvalue weighted by molar-refractivity contribution is -0.135. The van der Waals surface area contributed by atoms with Gasteiger partial charge in [0.15, 0.2) is 6.61 Å². The number of pyridine rings is 1. The first-order valence-corrected chi connectivity index (χ1v) is 10.2. The maximum absolute atomic E-state index is 12.5. The second-order valence-electron chi connectivity index (χ2n) is 7.88. The van der Waals surface area contributed by atoms with E-state index < -0.39 is 0 Å². The van der Waals surface area contributed by atoms with Crippen molar-refractivity contribution in [1.82, 2.24) is 19.4 Å². The van der Waals surface area contributed by atoms with Crippen molar-refractivity contribution in [3.05, 3.63) is 66.0 Å². The summed E-state index contributed by atoms with van der Waals surface area (Å²) < 4.78 is 7.60. The molecule has 1 aliphatic rings. The normalized spacial score (nSPS) is 15.2. The van der Waals surface area contributed by atoms with Crippen LogP contribution in [0.2, 0.25) is 0 Å². The molecule has 0 atom stereocenters. The van der Waals surface area contributed by atoms with E-state index in [2.05, 4.69) is 48.1 Å². The Morgan fingerprint density at radius 3 is 2.52 bits per heavy atom. The molecular formula is C23H28N4O2. The first kappa shape index (κ1) is 19.5. The molecule has 0 spiro atoms. The fraction of sp³-hybridized carbons (Fsp3) is 0.391. The lowest BCUT2D eigenvalue weighted by Gasteiger charge is -2.34. The van der Waals surface area contributed by atoms with Gasteiger partial charge in [0.2, 0.25) is 0 Å². The van der Waals surface area contributed by atoms with Crippen molar-refractivity contribution in [3.8, 4) is 5.75 Å². The standard InChI is InChI=1S/C23H28N4O2/c1-18(2)19-6-8-22(9-7-19)29-17-23(28)26-13-11-25(12-14-26)16-20-15-21-5-3-4-10-27(21)24-20/h3-10,15,18H,11-14,16-17H2,1-2H3. The van der Waals surface area contributed by atoms with Gasteiger partial charge in [-0.15, -0.1) is 0 Å². The number of benzene rings is 1. The third-order valence-electron chi connectivity index (χ3n) is 5.44. The molecule has 29 heavy (non-hydrogen) atoms. The number of piperazine rings is 1. The van der Waals surface area contributed by atoms with Gasteiger partial charge in [-0.1, -0.05) is 32.0 Å². The van der Waals surface area contributed by atoms with Crippen LogP contribution in [0.4, 0.5) is 0 Å². The van der Waals surface area contributed by atoms with Crippen molar-refractivity contribution in [2.24, 2.45) is 0 Å². The Kier molecular flexibility index (Phi) is 5.81. The predicted octanol–water partition coefficient (Wildman–Crippen LogP) is 3.18. The number of aromatic nitrogens is 2. The molecular weight excluding hydrogens is 364 g/mol. The van der Waals surface area contributed by atoms with E-state index >= 15 is 0 Å². The highest BCUT2D eigenvalue weighted by molar-refractivity contribution is 5.77. The second kappa shape index (κ2) is 8.66. The van der Waals surface area contributed by atoms with Crippen LogP contribution in [0, 0.1) is 0 Å². The summed E-state index contributed by atoms with van der Waals surface area (Å²) in [6.45, 7) is 8.37. The van der Waals surface area contributed by atoms with E-state index in [4.69, 9.17) is 4.74 Å². The number of nitrogens with zero attached hydrogens (tertiary/aromatic N) is 4. The van der Waals surface area contributed by atoms with Crippen molar-refractivity contribution in [1.29, 1.82) is 0 Å². The van der Waals surface area contributed by atoms with Crippen molar-refractivity contribution in [2.75, 3.05) is 32.8 Å². The molecule has 1 aromatic carbocycles. The number of fused-ring (bicyclic) bond motifs is 1. The van der Waals surface area contributed by atoms with E-state index in [1.54, 1.807) is 0 Å². The summed E-state index contributed by atoms with van der Waals surface area (Å²) in [5, 5.41) is 4.62. The van der Waals surface area contributed by atoms with Crippen LogP contribution in [-0.4, -0.2) is 58.1 Å². The molecule has 0 saturated carbocycles. The molecule has 2 aromatic heterocycles. The quantitative estimate of drug-likeness (QED) is 0.647. The first-order valence-electron chi connectivity index (χ1n) is 10.2. The smallest absolute Gasteiger partial charge is 0.260 e. The Hall–Kier alpha value is -2.86. The van der Waals surface area contributed by atoms with E-state index in [0.717, 1.165) is 49.7 Å². The van der Waals surface area contributed by atoms with Gasteiger partial charge < -0.3 is 9.64 Å². The zero-order valence-electron chi connectivity index (χ0n) is 17.1. The number of amides is 1. The molecule has 4 rings (SSSR count). The van der Waals surface area contributed by atoms with Crippen molar-refractivity contribution < 1.29 is 9.53 Å². The summed E-state index contributed by atoms with van der Waals surface area (Å²) in [5.74, 6) is 1.28. The van der Waals surface area contributed by atoms with Gasteiger partial charge in [0.1, 0.15) is 5.75 Å². The lowest BCUT2D eigenvalue weighted by atomic mass is 10.0. The topological polar surface area (TPSA) is 50.1 Å². The van der Waals surface area contributed by atoms with Gasteiger partial charge in [-0.3, -0.25) is 9.69 Å². The lowest BCUT2D eigenvalue weighted by Crippen LogP contribution is -2.49. The SMILES string of the molecule is CC(C)c1ccc(OCC(=O)N2CCN(Cc3cc4ccccn4n3)CC2)cc1. The third kappa shape index (κ3) is 4.77. The zero-order valence-corrected chi connectivity index (χ0v) is 17.1. The zero-order chi connectivity index (χ0) is 20.2. The number of carbonyl (C=O) groups excluding carboxylic acids is 1. The maximum atomic E-state index is 12.5. The highest BCUT2D eigenvalue weighted by Crippen LogP contribution is 2.18. The van der Waals surface area contributed by atoms with Gasteiger partial charge in [0.05, 0.1) is 11.2 Å². The molecule has 3 heterocycles. The molecule has 1 fully saturated rings. The van der Waals surface area contributed by atoms with Crippen LogP contribution in [0.3, 0.4) is 0 Å². The van der Waals surface area contributed by atoms with E-state index in [-0.39, 0.29) is 12.5 Å². The monoisotopic (exact) mass is 392 g/mol. The highest BCUT2D eigenvalue weighted by Gasteiger charge is 2.22. The fourth-order valence-electron chi connectivity index (χ4n) is 3.64. The minimum atomic E-state index is 0.0466. The number of hydrogen-bond donors (Lipinski definition) is 0. The highest BCUT2D eigenvalue weighted by atomic mass is 16.5. The Bertz CT molecular complexity index is 923. The fourth-order valence-corrected chi connectivity index (χ4v) is 3.64. The number of carbonyl (C=O) groups is 1. The average Bonchev–Trinajstić information content (AvgIpc) is 3.15. The molecule has 152 valence electrons. The van der Waals surface area contributed by atoms with Gasteiger partial charge >= 0.3 is 0 Å². The van der Waals surface area contributed by atoms with Gasteiger partial charge in [0.25, 0.3) is 5.91 Å². The minimum Gasteiger partial charge on any atom is -0.484 e. The summed E-state index contributed by atoms with van der Waals surface area (Å²) >= 11 is 0. The van der Waals surface area contributed by atoms with Gasteiger partial charge in [-0.05, 0) is 41.8 Å². The van der Waals surface area contributed by atoms with Crippen LogP contribution in [0.5, 0.6) is 5.75 Å². The minimum absolute atomic E-state index is 0.0466. The van der Waals surface area contributed by atoms with Gasteiger partial charge in [-0.25, -0.2) is 4.52 Å². The Morgan fingerprint density at radius 1 is 1.07 bits per heavy atom. The van der Waals surface area contributed by atoms with Crippen molar-refractivity contribution in [3.63, 3.8) is 0 Å². The Morgan fingerprint density at radius 2 is 1.83 bits per heavy atom. The summed E-state index contributed by atoms with van der Waals surface area (Å²) in [6, 6.07) is 16.2. The van der Waals surface area contributed by atoms with Crippen LogP contribution >= 0.6 is 0 Å². The molecule has 3 aromatic rings. The van der Waals surface area contributed by atoms with Crippen molar-refractivity contribution in [2.45, 2.75) is 26.3 Å². The predicted molar refractivity (Wildman–Crippen MR) is 113 cm³/mol. The summed E-state index contributed by atoms with van der Waals surface area (Å²) in [5.41, 5.74) is 3.43. The number of rotatable bonds is 6. The molecule has 0 aliphatic carbocycles. The summed E-state index contributed by atoms with van der Waals surface area (Å²) in [4.78, 5) is 16.7. The Labute approximate surface area is 171 Å². The number of hydrogen-bond acceptors (Lipinski definition) is 4. The van der Waals surface area contributed by atoms with Crippen LogP contribution in [0.1, 0.15) is 31.0 Å². The van der Waals surface area contributed by atoms with Crippen LogP contribution in [-0.2, 0) is 11.3 Å². The number of ether oxygens (including phenoxy) is 1.